The predicted molar refractivity (Wildman–Crippen MR) is 110 cm³/mol. The first kappa shape index (κ1) is 18.2. The van der Waals surface area contributed by atoms with E-state index in [0.717, 1.165) is 40.0 Å². The number of pyridine rings is 1. The van der Waals surface area contributed by atoms with Crippen molar-refractivity contribution in [3.05, 3.63) is 52.8 Å². The van der Waals surface area contributed by atoms with Gasteiger partial charge in [-0.1, -0.05) is 47.1 Å². The monoisotopic (exact) mass is 443 g/mol. The number of nitrogens with one attached hydrogen (secondary N) is 1. The number of rotatable bonds is 5. The van der Waals surface area contributed by atoms with Crippen LogP contribution in [0.25, 0.3) is 11.3 Å². The maximum atomic E-state index is 6.20. The van der Waals surface area contributed by atoms with Gasteiger partial charge in [0.1, 0.15) is 5.69 Å². The minimum absolute atomic E-state index is 0.461. The molecule has 138 valence electrons. The van der Waals surface area contributed by atoms with Gasteiger partial charge in [-0.25, -0.2) is 0 Å². The predicted octanol–water partition coefficient (Wildman–Crippen LogP) is 5.09. The molecule has 1 aliphatic rings. The molecule has 2 aromatic heterocycles. The Labute approximate surface area is 170 Å². The van der Waals surface area contributed by atoms with Gasteiger partial charge in [0, 0.05) is 27.7 Å². The Morgan fingerprint density at radius 1 is 1.22 bits per heavy atom. The molecule has 0 spiro atoms. The van der Waals surface area contributed by atoms with Gasteiger partial charge in [0.15, 0.2) is 5.69 Å². The van der Waals surface area contributed by atoms with Crippen molar-refractivity contribution < 1.29 is 4.74 Å². The smallest absolute Gasteiger partial charge is 0.247 e. The third-order valence-corrected chi connectivity index (χ3v) is 5.49. The average molecular weight is 444 g/mol. The highest BCUT2D eigenvalue weighted by atomic mass is 79.9. The first-order chi connectivity index (χ1) is 13.2. The highest BCUT2D eigenvalue weighted by Gasteiger charge is 2.27. The molecule has 3 aromatic rings. The highest BCUT2D eigenvalue weighted by Crippen LogP contribution is 2.40. The number of hydrogen-bond donors (Lipinski definition) is 1. The second-order valence-corrected chi connectivity index (χ2v) is 8.01. The molecule has 1 aliphatic heterocycles. The lowest BCUT2D eigenvalue weighted by atomic mass is 10.1. The molecule has 1 N–H and O–H groups in total. The van der Waals surface area contributed by atoms with E-state index in [1.807, 2.05) is 36.4 Å². The third-order valence-electron chi connectivity index (χ3n) is 4.07. The molecule has 0 amide bonds. The Hall–Kier alpha value is -2.19. The molecule has 27 heavy (non-hydrogen) atoms. The fourth-order valence-corrected chi connectivity index (χ4v) is 3.93. The summed E-state index contributed by atoms with van der Waals surface area (Å²) in [6.07, 6.45) is 3.53. The molecule has 3 heterocycles. The third kappa shape index (κ3) is 4.06. The summed E-state index contributed by atoms with van der Waals surface area (Å²) in [5, 5.41) is 12.8. The molecule has 0 saturated carbocycles. The molecule has 0 fully saturated rings. The van der Waals surface area contributed by atoms with Crippen LogP contribution in [0, 0.1) is 0 Å². The second-order valence-electron chi connectivity index (χ2n) is 6.04. The Kier molecular flexibility index (Phi) is 5.54. The molecule has 1 aromatic carbocycles. The summed E-state index contributed by atoms with van der Waals surface area (Å²) in [7, 11) is 0. The maximum Gasteiger partial charge on any atom is 0.247 e. The summed E-state index contributed by atoms with van der Waals surface area (Å²) < 4.78 is 7.15. The lowest BCUT2D eigenvalue weighted by Crippen LogP contribution is -2.18. The van der Waals surface area contributed by atoms with Crippen LogP contribution in [0.1, 0.15) is 31.7 Å². The zero-order chi connectivity index (χ0) is 18.6. The van der Waals surface area contributed by atoms with Gasteiger partial charge in [-0.05, 0) is 36.8 Å². The molecule has 8 heteroatoms. The molecule has 0 unspecified atom stereocenters. The van der Waals surface area contributed by atoms with E-state index in [9.17, 15) is 0 Å². The number of hydrogen-bond acceptors (Lipinski definition) is 7. The first-order valence-electron chi connectivity index (χ1n) is 8.76. The first-order valence-corrected chi connectivity index (χ1v) is 10.5. The zero-order valence-corrected chi connectivity index (χ0v) is 17.1. The lowest BCUT2D eigenvalue weighted by Gasteiger charge is -2.18. The summed E-state index contributed by atoms with van der Waals surface area (Å²) in [5.41, 5.74) is 3.19. The van der Waals surface area contributed by atoms with E-state index in [1.165, 1.54) is 0 Å². The normalized spacial score (nSPS) is 15.1. The van der Waals surface area contributed by atoms with Crippen molar-refractivity contribution in [3.63, 3.8) is 0 Å². The van der Waals surface area contributed by atoms with E-state index in [4.69, 9.17) is 4.74 Å². The van der Waals surface area contributed by atoms with Crippen molar-refractivity contribution in [1.82, 2.24) is 20.2 Å². The highest BCUT2D eigenvalue weighted by molar-refractivity contribution is 9.10. The number of anilines is 1. The van der Waals surface area contributed by atoms with Crippen LogP contribution in [-0.4, -0.2) is 25.9 Å². The Bertz CT molecular complexity index is 941. The van der Waals surface area contributed by atoms with Crippen molar-refractivity contribution in [2.75, 3.05) is 11.1 Å². The Balaban J connectivity index is 1.76. The van der Waals surface area contributed by atoms with Crippen LogP contribution >= 0.6 is 27.7 Å². The summed E-state index contributed by atoms with van der Waals surface area (Å²) in [4.78, 5) is 9.06. The van der Waals surface area contributed by atoms with Crippen molar-refractivity contribution in [2.24, 2.45) is 0 Å². The number of unbranched alkanes of at least 4 members (excludes halogenated alkanes) is 1. The van der Waals surface area contributed by atoms with Crippen LogP contribution in [0.3, 0.4) is 0 Å². The standard InChI is InChI=1S/C19H18BrN5OS/c1-2-3-10-27-19-23-18-16(24-25-19)13-11-12(20)7-8-14(13)22-17(26-18)15-6-4-5-9-21-15/h4-9,11,17,22H,2-3,10H2,1H3/t17-/m1/s1. The van der Waals surface area contributed by atoms with Crippen molar-refractivity contribution in [2.45, 2.75) is 31.1 Å². The lowest BCUT2D eigenvalue weighted by molar-refractivity contribution is 0.220. The van der Waals surface area contributed by atoms with Gasteiger partial charge in [-0.3, -0.25) is 4.98 Å². The van der Waals surface area contributed by atoms with Gasteiger partial charge in [0.25, 0.3) is 0 Å². The molecular formula is C19H18BrN5OS. The SMILES string of the molecule is CCCCSc1nnc2c(n1)O[C@H](c1ccccn1)Nc1ccc(Br)cc1-2. The van der Waals surface area contributed by atoms with E-state index in [-0.39, 0.29) is 0 Å². The number of nitrogens with zero attached hydrogens (tertiary/aromatic N) is 4. The number of thioether (sulfide) groups is 1. The van der Waals surface area contributed by atoms with Crippen molar-refractivity contribution >= 4 is 33.4 Å². The minimum atomic E-state index is -0.461. The average Bonchev–Trinajstić information content (AvgIpc) is 2.85. The number of aromatic nitrogens is 4. The van der Waals surface area contributed by atoms with E-state index >= 15 is 0 Å². The molecule has 4 rings (SSSR count). The minimum Gasteiger partial charge on any atom is -0.446 e. The van der Waals surface area contributed by atoms with Crippen LogP contribution in [0.4, 0.5) is 5.69 Å². The fourth-order valence-electron chi connectivity index (χ4n) is 2.70. The van der Waals surface area contributed by atoms with Crippen LogP contribution in [0.2, 0.25) is 0 Å². The van der Waals surface area contributed by atoms with Gasteiger partial charge in [0.2, 0.25) is 17.3 Å². The fraction of sp³-hybridized carbons (Fsp3) is 0.263. The number of ether oxygens (including phenoxy) is 1. The molecular weight excluding hydrogens is 426 g/mol. The summed E-state index contributed by atoms with van der Waals surface area (Å²) >= 11 is 5.13. The van der Waals surface area contributed by atoms with Crippen molar-refractivity contribution in [3.8, 4) is 17.1 Å². The summed E-state index contributed by atoms with van der Waals surface area (Å²) in [6, 6.07) is 11.7. The van der Waals surface area contributed by atoms with Crippen LogP contribution in [-0.2, 0) is 0 Å². The quantitative estimate of drug-likeness (QED) is 0.434. The van der Waals surface area contributed by atoms with E-state index in [2.05, 4.69) is 48.3 Å². The van der Waals surface area contributed by atoms with Gasteiger partial charge >= 0.3 is 0 Å². The topological polar surface area (TPSA) is 72.8 Å². The van der Waals surface area contributed by atoms with Gasteiger partial charge in [0.05, 0.1) is 0 Å². The number of benzene rings is 1. The van der Waals surface area contributed by atoms with E-state index < -0.39 is 6.23 Å². The van der Waals surface area contributed by atoms with Gasteiger partial charge < -0.3 is 10.1 Å². The van der Waals surface area contributed by atoms with Gasteiger partial charge in [-0.2, -0.15) is 4.98 Å². The second kappa shape index (κ2) is 8.22. The van der Waals surface area contributed by atoms with E-state index in [1.54, 1.807) is 18.0 Å². The molecule has 0 bridgehead atoms. The molecule has 0 aliphatic carbocycles. The molecule has 0 radical (unpaired) electrons. The molecule has 6 nitrogen and oxygen atoms in total. The van der Waals surface area contributed by atoms with Crippen LogP contribution in [0.5, 0.6) is 5.88 Å². The number of fused-ring (bicyclic) bond motifs is 3. The van der Waals surface area contributed by atoms with E-state index in [0.29, 0.717) is 16.7 Å². The largest absolute Gasteiger partial charge is 0.446 e. The Morgan fingerprint density at radius 2 is 2.15 bits per heavy atom. The maximum absolute atomic E-state index is 6.20. The van der Waals surface area contributed by atoms with Gasteiger partial charge in [-0.15, -0.1) is 10.2 Å². The molecule has 1 atom stereocenters. The number of halogens is 1. The zero-order valence-electron chi connectivity index (χ0n) is 14.7. The summed E-state index contributed by atoms with van der Waals surface area (Å²) in [5.74, 6) is 1.42. The van der Waals surface area contributed by atoms with Crippen molar-refractivity contribution in [1.29, 1.82) is 0 Å². The van der Waals surface area contributed by atoms with Crippen LogP contribution < -0.4 is 10.1 Å². The van der Waals surface area contributed by atoms with Crippen LogP contribution in [0.15, 0.2) is 52.2 Å². The summed E-state index contributed by atoms with van der Waals surface area (Å²) in [6.45, 7) is 2.16. The Morgan fingerprint density at radius 3 is 2.96 bits per heavy atom. The molecule has 0 saturated heterocycles.